The number of ketones is 1. The van der Waals surface area contributed by atoms with Crippen molar-refractivity contribution >= 4 is 44.4 Å². The van der Waals surface area contributed by atoms with E-state index in [4.69, 9.17) is 0 Å². The van der Waals surface area contributed by atoms with Gasteiger partial charge in [-0.3, -0.25) is 9.78 Å². The van der Waals surface area contributed by atoms with Crippen LogP contribution in [-0.4, -0.2) is 16.5 Å². The summed E-state index contributed by atoms with van der Waals surface area (Å²) in [7, 11) is 0. The van der Waals surface area contributed by atoms with Crippen molar-refractivity contribution in [2.24, 2.45) is 0 Å². The largest absolute Gasteiger partial charge is 0.293 e. The molecular formula is C17H12BrNOS. The van der Waals surface area contributed by atoms with Crippen molar-refractivity contribution < 1.29 is 4.79 Å². The summed E-state index contributed by atoms with van der Waals surface area (Å²) >= 11 is 4.95. The van der Waals surface area contributed by atoms with Crippen molar-refractivity contribution in [3.63, 3.8) is 0 Å². The summed E-state index contributed by atoms with van der Waals surface area (Å²) in [5.74, 6) is 0.518. The number of Topliss-reactive ketones (excluding diaryl/α,β-unsaturated/α-hetero) is 1. The predicted octanol–water partition coefficient (Wildman–Crippen LogP) is 4.97. The number of aromatic nitrogens is 1. The average molecular weight is 358 g/mol. The minimum atomic E-state index is 0.104. The van der Waals surface area contributed by atoms with Crippen LogP contribution in [0.15, 0.2) is 70.2 Å². The van der Waals surface area contributed by atoms with Gasteiger partial charge in [0, 0.05) is 26.5 Å². The first-order valence-corrected chi connectivity index (χ1v) is 8.27. The molecule has 3 rings (SSSR count). The number of rotatable bonds is 4. The van der Waals surface area contributed by atoms with Crippen LogP contribution in [0, 0.1) is 0 Å². The van der Waals surface area contributed by atoms with E-state index in [0.29, 0.717) is 11.3 Å². The molecular weight excluding hydrogens is 346 g/mol. The molecule has 0 spiro atoms. The smallest absolute Gasteiger partial charge is 0.175 e. The van der Waals surface area contributed by atoms with Gasteiger partial charge in [0.25, 0.3) is 0 Å². The summed E-state index contributed by atoms with van der Waals surface area (Å²) in [4.78, 5) is 17.8. The van der Waals surface area contributed by atoms with Gasteiger partial charge in [-0.05, 0) is 36.4 Å². The van der Waals surface area contributed by atoms with Gasteiger partial charge in [0.15, 0.2) is 5.78 Å². The highest BCUT2D eigenvalue weighted by Crippen LogP contribution is 2.23. The average Bonchev–Trinajstić information content (AvgIpc) is 2.53. The number of nitrogens with zero attached hydrogens (tertiary/aromatic N) is 1. The summed E-state index contributed by atoms with van der Waals surface area (Å²) < 4.78 is 1.04. The number of fused-ring (bicyclic) bond motifs is 1. The summed E-state index contributed by atoms with van der Waals surface area (Å²) in [5, 5.41) is 0.997. The fourth-order valence-corrected chi connectivity index (χ4v) is 3.13. The number of carbonyl (C=O) groups is 1. The molecule has 4 heteroatoms. The van der Waals surface area contributed by atoms with E-state index >= 15 is 0 Å². The normalized spacial score (nSPS) is 10.7. The van der Waals surface area contributed by atoms with Crippen LogP contribution in [-0.2, 0) is 0 Å². The van der Waals surface area contributed by atoms with E-state index in [-0.39, 0.29) is 5.78 Å². The molecule has 0 saturated carbocycles. The first kappa shape index (κ1) is 14.3. The van der Waals surface area contributed by atoms with Gasteiger partial charge >= 0.3 is 0 Å². The maximum Gasteiger partial charge on any atom is 0.175 e. The van der Waals surface area contributed by atoms with E-state index in [9.17, 15) is 4.79 Å². The van der Waals surface area contributed by atoms with Crippen LogP contribution in [0.3, 0.4) is 0 Å². The number of benzene rings is 2. The molecule has 2 aromatic carbocycles. The number of pyridine rings is 1. The summed E-state index contributed by atoms with van der Waals surface area (Å²) in [6, 6.07) is 17.5. The Kier molecular flexibility index (Phi) is 4.36. The van der Waals surface area contributed by atoms with Crippen LogP contribution in [0.5, 0.6) is 0 Å². The third kappa shape index (κ3) is 3.34. The van der Waals surface area contributed by atoms with Crippen molar-refractivity contribution in [3.8, 4) is 0 Å². The molecule has 3 aromatic rings. The summed E-state index contributed by atoms with van der Waals surface area (Å²) in [6.45, 7) is 0. The minimum absolute atomic E-state index is 0.104. The molecule has 0 bridgehead atoms. The van der Waals surface area contributed by atoms with Gasteiger partial charge in [-0.1, -0.05) is 34.1 Å². The Hall–Kier alpha value is -1.65. The first-order valence-electron chi connectivity index (χ1n) is 6.49. The van der Waals surface area contributed by atoms with Crippen LogP contribution in [0.25, 0.3) is 10.9 Å². The Morgan fingerprint density at radius 2 is 1.81 bits per heavy atom. The molecule has 0 radical (unpaired) electrons. The lowest BCUT2D eigenvalue weighted by molar-refractivity contribution is 0.102. The Morgan fingerprint density at radius 1 is 1.05 bits per heavy atom. The van der Waals surface area contributed by atoms with E-state index in [1.807, 2.05) is 54.6 Å². The molecule has 0 atom stereocenters. The van der Waals surface area contributed by atoms with E-state index in [0.717, 1.165) is 20.3 Å². The fraction of sp³-hybridized carbons (Fsp3) is 0.0588. The fourth-order valence-electron chi connectivity index (χ4n) is 2.09. The molecule has 0 fully saturated rings. The molecule has 0 saturated heterocycles. The highest BCUT2D eigenvalue weighted by Gasteiger charge is 2.11. The van der Waals surface area contributed by atoms with Gasteiger partial charge in [0.2, 0.25) is 0 Å². The highest BCUT2D eigenvalue weighted by molar-refractivity contribution is 9.10. The van der Waals surface area contributed by atoms with Gasteiger partial charge in [-0.15, -0.1) is 11.8 Å². The molecule has 0 amide bonds. The zero-order valence-electron chi connectivity index (χ0n) is 11.1. The Balaban J connectivity index is 1.79. The van der Waals surface area contributed by atoms with Gasteiger partial charge in [0.1, 0.15) is 0 Å². The number of para-hydroxylation sites is 1. The standard InChI is InChI=1S/C17H12BrNOS/c18-13-6-8-14(9-7-13)21-11-16(20)15-5-1-3-12-4-2-10-19-17(12)15/h1-10H,11H2. The van der Waals surface area contributed by atoms with E-state index in [2.05, 4.69) is 20.9 Å². The molecule has 2 nitrogen and oxygen atoms in total. The molecule has 0 N–H and O–H groups in total. The number of halogens is 1. The molecule has 21 heavy (non-hydrogen) atoms. The number of hydrogen-bond acceptors (Lipinski definition) is 3. The molecule has 104 valence electrons. The number of thioether (sulfide) groups is 1. The SMILES string of the molecule is O=C(CSc1ccc(Br)cc1)c1cccc2cccnc12. The summed E-state index contributed by atoms with van der Waals surface area (Å²) in [5.41, 5.74) is 1.47. The van der Waals surface area contributed by atoms with Crippen LogP contribution in [0.4, 0.5) is 0 Å². The van der Waals surface area contributed by atoms with Crippen molar-refractivity contribution in [1.29, 1.82) is 0 Å². The second-order valence-corrected chi connectivity index (χ2v) is 6.51. The number of carbonyl (C=O) groups excluding carboxylic acids is 1. The zero-order chi connectivity index (χ0) is 14.7. The lowest BCUT2D eigenvalue weighted by Crippen LogP contribution is -2.04. The van der Waals surface area contributed by atoms with Gasteiger partial charge in [-0.25, -0.2) is 0 Å². The highest BCUT2D eigenvalue weighted by atomic mass is 79.9. The van der Waals surface area contributed by atoms with E-state index in [1.165, 1.54) is 0 Å². The summed E-state index contributed by atoms with van der Waals surface area (Å²) in [6.07, 6.45) is 1.72. The second kappa shape index (κ2) is 6.41. The molecule has 0 aliphatic carbocycles. The topological polar surface area (TPSA) is 30.0 Å². The molecule has 1 aromatic heterocycles. The first-order chi connectivity index (χ1) is 10.2. The van der Waals surface area contributed by atoms with Gasteiger partial charge < -0.3 is 0 Å². The Bertz CT molecular complexity index is 781. The quantitative estimate of drug-likeness (QED) is 0.487. The van der Waals surface area contributed by atoms with Crippen LogP contribution in [0.2, 0.25) is 0 Å². The molecule has 0 unspecified atom stereocenters. The van der Waals surface area contributed by atoms with E-state index < -0.39 is 0 Å². The predicted molar refractivity (Wildman–Crippen MR) is 90.9 cm³/mol. The third-order valence-corrected chi connectivity index (χ3v) is 4.66. The number of hydrogen-bond donors (Lipinski definition) is 0. The maximum absolute atomic E-state index is 12.4. The second-order valence-electron chi connectivity index (χ2n) is 4.55. The van der Waals surface area contributed by atoms with Crippen molar-refractivity contribution in [3.05, 3.63) is 70.8 Å². The van der Waals surface area contributed by atoms with Crippen LogP contribution >= 0.6 is 27.7 Å². The zero-order valence-corrected chi connectivity index (χ0v) is 13.5. The van der Waals surface area contributed by atoms with Crippen molar-refractivity contribution in [2.75, 3.05) is 5.75 Å². The van der Waals surface area contributed by atoms with Crippen molar-refractivity contribution in [1.82, 2.24) is 4.98 Å². The lowest BCUT2D eigenvalue weighted by Gasteiger charge is -2.05. The monoisotopic (exact) mass is 357 g/mol. The maximum atomic E-state index is 12.4. The minimum Gasteiger partial charge on any atom is -0.293 e. The van der Waals surface area contributed by atoms with Crippen molar-refractivity contribution in [2.45, 2.75) is 4.90 Å². The third-order valence-electron chi connectivity index (χ3n) is 3.12. The Morgan fingerprint density at radius 3 is 2.62 bits per heavy atom. The van der Waals surface area contributed by atoms with Gasteiger partial charge in [0.05, 0.1) is 11.3 Å². The Labute approximate surface area is 135 Å². The van der Waals surface area contributed by atoms with Crippen LogP contribution < -0.4 is 0 Å². The molecule has 0 aliphatic rings. The lowest BCUT2D eigenvalue weighted by atomic mass is 10.1. The van der Waals surface area contributed by atoms with Crippen LogP contribution in [0.1, 0.15) is 10.4 Å². The molecule has 0 aliphatic heterocycles. The van der Waals surface area contributed by atoms with E-state index in [1.54, 1.807) is 18.0 Å². The molecule has 1 heterocycles. The van der Waals surface area contributed by atoms with Gasteiger partial charge in [-0.2, -0.15) is 0 Å².